The van der Waals surface area contributed by atoms with Gasteiger partial charge in [-0.05, 0) is 36.5 Å². The lowest BCUT2D eigenvalue weighted by molar-refractivity contribution is -0.121. The number of carbonyl (C=O) groups is 1. The molecule has 1 aromatic carbocycles. The Labute approximate surface area is 156 Å². The number of likely N-dealkylation sites (tertiary alicyclic amines) is 1. The number of halogens is 1. The fourth-order valence-electron chi connectivity index (χ4n) is 3.36. The molecule has 1 amide bonds. The third-order valence-corrected chi connectivity index (χ3v) is 5.17. The lowest BCUT2D eigenvalue weighted by atomic mass is 9.84. The minimum absolute atomic E-state index is 0.114. The van der Waals surface area contributed by atoms with Crippen molar-refractivity contribution in [2.45, 2.75) is 38.5 Å². The van der Waals surface area contributed by atoms with Gasteiger partial charge in [0.15, 0.2) is 5.96 Å². The number of nitrogens with zero attached hydrogens (tertiary/aromatic N) is 2. The molecule has 26 heavy (non-hydrogen) atoms. The van der Waals surface area contributed by atoms with Crippen molar-refractivity contribution < 1.29 is 9.18 Å². The Kier molecular flexibility index (Phi) is 7.00. The monoisotopic (exact) mass is 362 g/mol. The van der Waals surface area contributed by atoms with E-state index in [1.807, 2.05) is 6.07 Å². The average molecular weight is 362 g/mol. The molecular formula is C20H31FN4O. The summed E-state index contributed by atoms with van der Waals surface area (Å²) in [5, 5.41) is 6.14. The van der Waals surface area contributed by atoms with Crippen LogP contribution in [0.25, 0.3) is 0 Å². The lowest BCUT2D eigenvalue weighted by Crippen LogP contribution is -2.48. The first kappa shape index (κ1) is 20.2. The second-order valence-corrected chi connectivity index (χ2v) is 7.60. The smallest absolute Gasteiger partial charge is 0.220 e. The summed E-state index contributed by atoms with van der Waals surface area (Å²) in [5.41, 5.74) is 0.750. The van der Waals surface area contributed by atoms with Gasteiger partial charge >= 0.3 is 0 Å². The van der Waals surface area contributed by atoms with E-state index < -0.39 is 0 Å². The number of aliphatic imine (C=N–C) groups is 1. The van der Waals surface area contributed by atoms with E-state index in [1.165, 1.54) is 6.07 Å². The third-order valence-electron chi connectivity index (χ3n) is 5.17. The number of hydrogen-bond donors (Lipinski definition) is 2. The maximum absolute atomic E-state index is 13.5. The summed E-state index contributed by atoms with van der Waals surface area (Å²) in [6.45, 7) is 6.64. The number of benzene rings is 1. The van der Waals surface area contributed by atoms with Crippen molar-refractivity contribution in [2.75, 3.05) is 33.7 Å². The van der Waals surface area contributed by atoms with Gasteiger partial charge in [0.1, 0.15) is 5.82 Å². The summed E-state index contributed by atoms with van der Waals surface area (Å²) in [5.74, 6) is 1.21. The van der Waals surface area contributed by atoms with Crippen molar-refractivity contribution in [3.05, 3.63) is 35.6 Å². The summed E-state index contributed by atoms with van der Waals surface area (Å²) < 4.78 is 13.5. The zero-order valence-corrected chi connectivity index (χ0v) is 16.3. The van der Waals surface area contributed by atoms with Crippen LogP contribution < -0.4 is 10.6 Å². The van der Waals surface area contributed by atoms with Crippen molar-refractivity contribution in [3.63, 3.8) is 0 Å². The molecular weight excluding hydrogens is 331 g/mol. The molecule has 1 aliphatic heterocycles. The Balaban J connectivity index is 1.89. The molecule has 1 saturated heterocycles. The molecule has 0 unspecified atom stereocenters. The second-order valence-electron chi connectivity index (χ2n) is 7.60. The minimum atomic E-state index is -0.213. The fourth-order valence-corrected chi connectivity index (χ4v) is 3.36. The number of hydrogen-bond acceptors (Lipinski definition) is 2. The number of piperidine rings is 1. The van der Waals surface area contributed by atoms with Gasteiger partial charge in [-0.2, -0.15) is 0 Å². The summed E-state index contributed by atoms with van der Waals surface area (Å²) in [4.78, 5) is 18.2. The maximum atomic E-state index is 13.5. The molecule has 144 valence electrons. The molecule has 0 aliphatic carbocycles. The van der Waals surface area contributed by atoms with Crippen LogP contribution in [0.15, 0.2) is 29.3 Å². The predicted molar refractivity (Wildman–Crippen MR) is 104 cm³/mol. The van der Waals surface area contributed by atoms with Gasteiger partial charge in [-0.3, -0.25) is 9.79 Å². The third kappa shape index (κ3) is 5.44. The molecule has 2 rings (SSSR count). The van der Waals surface area contributed by atoms with Crippen LogP contribution >= 0.6 is 0 Å². The molecule has 1 aliphatic rings. The molecule has 2 N–H and O–H groups in total. The van der Waals surface area contributed by atoms with Gasteiger partial charge in [0, 0.05) is 45.6 Å². The highest BCUT2D eigenvalue weighted by Crippen LogP contribution is 2.24. The summed E-state index contributed by atoms with van der Waals surface area (Å²) in [6, 6.07) is 6.76. The first-order valence-corrected chi connectivity index (χ1v) is 9.28. The summed E-state index contributed by atoms with van der Waals surface area (Å²) in [6.07, 6.45) is 2.58. The first-order chi connectivity index (χ1) is 12.4. The highest BCUT2D eigenvalue weighted by Gasteiger charge is 2.25. The maximum Gasteiger partial charge on any atom is 0.220 e. The second kappa shape index (κ2) is 9.01. The summed E-state index contributed by atoms with van der Waals surface area (Å²) in [7, 11) is 3.47. The molecule has 0 aromatic heterocycles. The van der Waals surface area contributed by atoms with Gasteiger partial charge in [-0.15, -0.1) is 0 Å². The van der Waals surface area contributed by atoms with Crippen molar-refractivity contribution >= 4 is 11.9 Å². The van der Waals surface area contributed by atoms with Gasteiger partial charge in [-0.25, -0.2) is 4.39 Å². The zero-order chi connectivity index (χ0) is 19.2. The van der Waals surface area contributed by atoms with Crippen LogP contribution in [0, 0.1) is 11.7 Å². The van der Waals surface area contributed by atoms with E-state index in [4.69, 9.17) is 0 Å². The van der Waals surface area contributed by atoms with Crippen LogP contribution in [0.1, 0.15) is 38.7 Å². The van der Waals surface area contributed by atoms with Crippen molar-refractivity contribution in [1.29, 1.82) is 0 Å². The number of amides is 1. The number of nitrogens with one attached hydrogen (secondary N) is 2. The largest absolute Gasteiger partial charge is 0.359 e. The van der Waals surface area contributed by atoms with Gasteiger partial charge < -0.3 is 15.5 Å². The topological polar surface area (TPSA) is 56.7 Å². The van der Waals surface area contributed by atoms with Crippen molar-refractivity contribution in [1.82, 2.24) is 15.5 Å². The van der Waals surface area contributed by atoms with Crippen LogP contribution in [0.2, 0.25) is 0 Å². The molecule has 0 radical (unpaired) electrons. The molecule has 0 spiro atoms. The highest BCUT2D eigenvalue weighted by molar-refractivity contribution is 5.80. The molecule has 0 atom stereocenters. The van der Waals surface area contributed by atoms with Gasteiger partial charge in [0.05, 0.1) is 0 Å². The van der Waals surface area contributed by atoms with Crippen LogP contribution in [0.5, 0.6) is 0 Å². The first-order valence-electron chi connectivity index (χ1n) is 9.28. The summed E-state index contributed by atoms with van der Waals surface area (Å²) >= 11 is 0. The molecule has 6 heteroatoms. The van der Waals surface area contributed by atoms with E-state index in [2.05, 4.69) is 34.4 Å². The molecule has 1 aromatic rings. The predicted octanol–water partition coefficient (Wildman–Crippen LogP) is 2.53. The number of carbonyl (C=O) groups excluding carboxylic acids is 1. The lowest BCUT2D eigenvalue weighted by Gasteiger charge is -2.35. The van der Waals surface area contributed by atoms with E-state index in [-0.39, 0.29) is 17.1 Å². The molecule has 0 saturated carbocycles. The molecule has 0 bridgehead atoms. The SMILES string of the molecule is CN=C(NCC(C)(C)c1cccc(F)c1)N1CCC(CC(=O)NC)CC1. The van der Waals surface area contributed by atoms with Crippen LogP contribution in [0.4, 0.5) is 4.39 Å². The number of guanidine groups is 1. The Bertz CT molecular complexity index is 636. The Morgan fingerprint density at radius 2 is 2.04 bits per heavy atom. The normalized spacial score (nSPS) is 16.5. The standard InChI is InChI=1S/C20H31FN4O/c1-20(2,16-6-5-7-17(21)13-16)14-24-19(23-4)25-10-8-15(9-11-25)12-18(26)22-3/h5-7,13,15H,8-12,14H2,1-4H3,(H,22,26)(H,23,24). The van der Waals surface area contributed by atoms with Crippen LogP contribution in [-0.4, -0.2) is 50.5 Å². The average Bonchev–Trinajstić information content (AvgIpc) is 2.63. The van der Waals surface area contributed by atoms with E-state index in [9.17, 15) is 9.18 Å². The van der Waals surface area contributed by atoms with Crippen molar-refractivity contribution in [3.8, 4) is 0 Å². The number of rotatable bonds is 5. The van der Waals surface area contributed by atoms with E-state index in [0.717, 1.165) is 37.5 Å². The quantitative estimate of drug-likeness (QED) is 0.625. The van der Waals surface area contributed by atoms with Gasteiger partial charge in [-0.1, -0.05) is 26.0 Å². The molecule has 5 nitrogen and oxygen atoms in total. The van der Waals surface area contributed by atoms with E-state index in [1.54, 1.807) is 26.2 Å². The Morgan fingerprint density at radius 1 is 1.35 bits per heavy atom. The zero-order valence-electron chi connectivity index (χ0n) is 16.3. The van der Waals surface area contributed by atoms with Crippen LogP contribution in [0.3, 0.4) is 0 Å². The van der Waals surface area contributed by atoms with Gasteiger partial charge in [0.2, 0.25) is 5.91 Å². The van der Waals surface area contributed by atoms with Crippen LogP contribution in [-0.2, 0) is 10.2 Å². The Morgan fingerprint density at radius 3 is 2.62 bits per heavy atom. The minimum Gasteiger partial charge on any atom is -0.359 e. The fraction of sp³-hybridized carbons (Fsp3) is 0.600. The van der Waals surface area contributed by atoms with Crippen molar-refractivity contribution in [2.24, 2.45) is 10.9 Å². The molecule has 1 heterocycles. The Hall–Kier alpha value is -2.11. The van der Waals surface area contributed by atoms with E-state index >= 15 is 0 Å². The van der Waals surface area contributed by atoms with E-state index in [0.29, 0.717) is 18.9 Å². The highest BCUT2D eigenvalue weighted by atomic mass is 19.1. The molecule has 1 fully saturated rings. The van der Waals surface area contributed by atoms with Gasteiger partial charge in [0.25, 0.3) is 0 Å².